The Morgan fingerprint density at radius 3 is 2.61 bits per heavy atom. The van der Waals surface area contributed by atoms with Crippen LogP contribution in [0.25, 0.3) is 0 Å². The van der Waals surface area contributed by atoms with Gasteiger partial charge in [-0.3, -0.25) is 0 Å². The van der Waals surface area contributed by atoms with Gasteiger partial charge in [-0.25, -0.2) is 13.1 Å². The van der Waals surface area contributed by atoms with Gasteiger partial charge in [-0.2, -0.15) is 0 Å². The maximum absolute atomic E-state index is 11.8. The summed E-state index contributed by atoms with van der Waals surface area (Å²) < 4.78 is 31.0. The van der Waals surface area contributed by atoms with Gasteiger partial charge in [0.2, 0.25) is 10.0 Å². The molecule has 6 heteroatoms. The van der Waals surface area contributed by atoms with Crippen LogP contribution in [0.1, 0.15) is 6.92 Å². The van der Waals surface area contributed by atoms with E-state index in [4.69, 9.17) is 4.74 Å². The van der Waals surface area contributed by atoms with Crippen molar-refractivity contribution >= 4 is 15.7 Å². The molecule has 18 heavy (non-hydrogen) atoms. The summed E-state index contributed by atoms with van der Waals surface area (Å²) >= 11 is 0. The lowest BCUT2D eigenvalue weighted by Gasteiger charge is -2.15. The van der Waals surface area contributed by atoms with Crippen LogP contribution >= 0.6 is 0 Å². The molecule has 0 heterocycles. The van der Waals surface area contributed by atoms with Crippen molar-refractivity contribution < 1.29 is 13.2 Å². The van der Waals surface area contributed by atoms with Crippen molar-refractivity contribution in [2.24, 2.45) is 5.92 Å². The maximum Gasteiger partial charge on any atom is 0.242 e. The highest BCUT2D eigenvalue weighted by Gasteiger charge is 2.16. The number of hydrogen-bond acceptors (Lipinski definition) is 4. The first kappa shape index (κ1) is 14.9. The minimum Gasteiger partial charge on any atom is -0.384 e. The number of para-hydroxylation sites is 1. The van der Waals surface area contributed by atoms with Crippen LogP contribution in [0.2, 0.25) is 0 Å². The molecule has 0 fully saturated rings. The van der Waals surface area contributed by atoms with Crippen molar-refractivity contribution in [2.45, 2.75) is 11.8 Å². The van der Waals surface area contributed by atoms with Crippen LogP contribution < -0.4 is 10.0 Å². The quantitative estimate of drug-likeness (QED) is 0.785. The van der Waals surface area contributed by atoms with Gasteiger partial charge >= 0.3 is 0 Å². The summed E-state index contributed by atoms with van der Waals surface area (Å²) in [5.74, 6) is 0.306. The van der Waals surface area contributed by atoms with Gasteiger partial charge < -0.3 is 10.1 Å². The molecule has 0 bridgehead atoms. The van der Waals surface area contributed by atoms with Crippen LogP contribution in [-0.4, -0.2) is 35.7 Å². The van der Waals surface area contributed by atoms with Crippen LogP contribution in [-0.2, 0) is 14.8 Å². The molecule has 1 aromatic rings. The summed E-state index contributed by atoms with van der Waals surface area (Å²) in [5.41, 5.74) is 0.606. The maximum atomic E-state index is 11.8. The van der Waals surface area contributed by atoms with E-state index in [-0.39, 0.29) is 4.90 Å². The van der Waals surface area contributed by atoms with E-state index < -0.39 is 10.0 Å². The number of benzene rings is 1. The van der Waals surface area contributed by atoms with E-state index in [1.807, 2.05) is 6.92 Å². The van der Waals surface area contributed by atoms with E-state index in [1.165, 1.54) is 7.05 Å². The minimum atomic E-state index is -3.43. The summed E-state index contributed by atoms with van der Waals surface area (Å²) in [4.78, 5) is 0.261. The van der Waals surface area contributed by atoms with E-state index in [2.05, 4.69) is 10.0 Å². The van der Waals surface area contributed by atoms with Crippen molar-refractivity contribution in [1.29, 1.82) is 0 Å². The molecule has 0 saturated carbocycles. The van der Waals surface area contributed by atoms with Gasteiger partial charge in [0.1, 0.15) is 4.90 Å². The molecule has 1 atom stereocenters. The topological polar surface area (TPSA) is 67.4 Å². The Morgan fingerprint density at radius 2 is 2.00 bits per heavy atom. The van der Waals surface area contributed by atoms with Gasteiger partial charge in [0.15, 0.2) is 0 Å². The second kappa shape index (κ2) is 6.72. The number of methoxy groups -OCH3 is 1. The van der Waals surface area contributed by atoms with Crippen molar-refractivity contribution in [3.8, 4) is 0 Å². The fourth-order valence-corrected chi connectivity index (χ4v) is 2.49. The molecule has 0 amide bonds. The average molecular weight is 272 g/mol. The fourth-order valence-electron chi connectivity index (χ4n) is 1.58. The number of ether oxygens (including phenoxy) is 1. The largest absolute Gasteiger partial charge is 0.384 e. The molecule has 1 unspecified atom stereocenters. The minimum absolute atomic E-state index is 0.261. The summed E-state index contributed by atoms with van der Waals surface area (Å²) in [7, 11) is -0.382. The highest BCUT2D eigenvalue weighted by molar-refractivity contribution is 7.89. The summed E-state index contributed by atoms with van der Waals surface area (Å²) in [5, 5.41) is 3.14. The zero-order chi connectivity index (χ0) is 13.6. The van der Waals surface area contributed by atoms with Crippen molar-refractivity contribution in [3.63, 3.8) is 0 Å². The average Bonchev–Trinajstić information content (AvgIpc) is 2.37. The van der Waals surface area contributed by atoms with E-state index in [0.29, 0.717) is 24.8 Å². The third-order valence-corrected chi connectivity index (χ3v) is 4.01. The monoisotopic (exact) mass is 272 g/mol. The molecular weight excluding hydrogens is 252 g/mol. The molecule has 1 aromatic carbocycles. The van der Waals surface area contributed by atoms with E-state index in [9.17, 15) is 8.42 Å². The molecule has 5 nitrogen and oxygen atoms in total. The molecule has 0 aliphatic rings. The molecule has 0 radical (unpaired) electrons. The second-order valence-electron chi connectivity index (χ2n) is 4.15. The summed E-state index contributed by atoms with van der Waals surface area (Å²) in [6.07, 6.45) is 0. The van der Waals surface area contributed by atoms with Crippen LogP contribution in [0.3, 0.4) is 0 Å². The lowest BCUT2D eigenvalue weighted by atomic mass is 10.2. The molecule has 2 N–H and O–H groups in total. The second-order valence-corrected chi connectivity index (χ2v) is 6.00. The van der Waals surface area contributed by atoms with Crippen molar-refractivity contribution in [2.75, 3.05) is 32.6 Å². The normalized spacial score (nSPS) is 13.3. The first-order chi connectivity index (χ1) is 8.51. The van der Waals surface area contributed by atoms with E-state index in [1.54, 1.807) is 31.4 Å². The predicted octanol–water partition coefficient (Wildman–Crippen LogP) is 1.29. The standard InChI is InChI=1S/C12H20N2O3S/c1-10(9-17-3)8-14-11-6-4-5-7-12(11)18(15,16)13-2/h4-7,10,13-14H,8-9H2,1-3H3. The zero-order valence-electron chi connectivity index (χ0n) is 10.9. The van der Waals surface area contributed by atoms with Crippen LogP contribution in [0.15, 0.2) is 29.2 Å². The predicted molar refractivity (Wildman–Crippen MR) is 72.2 cm³/mol. The Bertz CT molecular complexity index is 474. The summed E-state index contributed by atoms with van der Waals surface area (Å²) in [6, 6.07) is 6.84. The van der Waals surface area contributed by atoms with E-state index in [0.717, 1.165) is 0 Å². The smallest absolute Gasteiger partial charge is 0.242 e. The molecule has 102 valence electrons. The lowest BCUT2D eigenvalue weighted by molar-refractivity contribution is 0.164. The van der Waals surface area contributed by atoms with Crippen molar-refractivity contribution in [3.05, 3.63) is 24.3 Å². The third kappa shape index (κ3) is 3.97. The Morgan fingerprint density at radius 1 is 1.33 bits per heavy atom. The Kier molecular flexibility index (Phi) is 5.58. The van der Waals surface area contributed by atoms with Crippen LogP contribution in [0.5, 0.6) is 0 Å². The Labute approximate surface area is 109 Å². The SMILES string of the molecule is CNS(=O)(=O)c1ccccc1NCC(C)COC. The van der Waals surface area contributed by atoms with E-state index >= 15 is 0 Å². The fraction of sp³-hybridized carbons (Fsp3) is 0.500. The van der Waals surface area contributed by atoms with Gasteiger partial charge in [-0.05, 0) is 25.1 Å². The number of anilines is 1. The molecular formula is C12H20N2O3S. The molecule has 0 spiro atoms. The number of sulfonamides is 1. The summed E-state index contributed by atoms with van der Waals surface area (Å²) in [6.45, 7) is 3.32. The third-order valence-electron chi connectivity index (χ3n) is 2.54. The molecule has 0 aromatic heterocycles. The first-order valence-corrected chi connectivity index (χ1v) is 7.25. The van der Waals surface area contributed by atoms with Gasteiger partial charge in [0.05, 0.1) is 12.3 Å². The number of nitrogens with one attached hydrogen (secondary N) is 2. The van der Waals surface area contributed by atoms with Gasteiger partial charge in [0, 0.05) is 13.7 Å². The van der Waals surface area contributed by atoms with Gasteiger partial charge in [-0.1, -0.05) is 19.1 Å². The lowest BCUT2D eigenvalue weighted by Crippen LogP contribution is -2.22. The number of hydrogen-bond donors (Lipinski definition) is 2. The van der Waals surface area contributed by atoms with Crippen molar-refractivity contribution in [1.82, 2.24) is 4.72 Å². The highest BCUT2D eigenvalue weighted by Crippen LogP contribution is 2.20. The van der Waals surface area contributed by atoms with Crippen LogP contribution in [0.4, 0.5) is 5.69 Å². The van der Waals surface area contributed by atoms with Crippen LogP contribution in [0, 0.1) is 5.92 Å². The number of rotatable bonds is 7. The molecule has 0 aliphatic heterocycles. The highest BCUT2D eigenvalue weighted by atomic mass is 32.2. The molecule has 1 rings (SSSR count). The molecule has 0 saturated heterocycles. The Balaban J connectivity index is 2.84. The molecule has 0 aliphatic carbocycles. The Hall–Kier alpha value is -1.11. The van der Waals surface area contributed by atoms with Gasteiger partial charge in [0.25, 0.3) is 0 Å². The zero-order valence-corrected chi connectivity index (χ0v) is 11.8. The first-order valence-electron chi connectivity index (χ1n) is 5.76. The van der Waals surface area contributed by atoms with Gasteiger partial charge in [-0.15, -0.1) is 0 Å².